The predicted molar refractivity (Wildman–Crippen MR) is 81.1 cm³/mol. The van der Waals surface area contributed by atoms with Crippen molar-refractivity contribution in [1.82, 2.24) is 40.4 Å². The van der Waals surface area contributed by atoms with Gasteiger partial charge in [-0.1, -0.05) is 24.3 Å². The van der Waals surface area contributed by atoms with Crippen LogP contribution in [-0.4, -0.2) is 40.4 Å². The molecule has 0 saturated carbocycles. The maximum Gasteiger partial charge on any atom is 0.143 e. The summed E-state index contributed by atoms with van der Waals surface area (Å²) in [5.74, 6) is 0. The van der Waals surface area contributed by atoms with Crippen molar-refractivity contribution in [1.29, 1.82) is 0 Å². The number of benzene rings is 2. The van der Waals surface area contributed by atoms with Crippen LogP contribution in [0.1, 0.15) is 11.1 Å². The number of tetrazole rings is 2. The Morgan fingerprint density at radius 3 is 1.39 bits per heavy atom. The lowest BCUT2D eigenvalue weighted by Gasteiger charge is -2.05. The molecular formula is C15H12N8. The average molecular weight is 304 g/mol. The summed E-state index contributed by atoms with van der Waals surface area (Å²) in [5.41, 5.74) is 4.31. The first-order chi connectivity index (χ1) is 11.4. The second-order valence-electron chi connectivity index (χ2n) is 5.02. The largest absolute Gasteiger partial charge is 0.201 e. The fraction of sp³-hybridized carbons (Fsp3) is 0.0667. The van der Waals surface area contributed by atoms with Gasteiger partial charge in [0.1, 0.15) is 12.7 Å². The van der Waals surface area contributed by atoms with Gasteiger partial charge in [-0.05, 0) is 62.7 Å². The van der Waals surface area contributed by atoms with Crippen LogP contribution >= 0.6 is 0 Å². The molecule has 0 aliphatic heterocycles. The molecule has 0 bridgehead atoms. The van der Waals surface area contributed by atoms with Gasteiger partial charge in [-0.25, -0.2) is 9.36 Å². The SMILES string of the molecule is c1cc(-n2cnnn2)ccc1Cc1ccc(-n2cnnn2)cc1. The zero-order valence-corrected chi connectivity index (χ0v) is 12.1. The molecule has 2 aromatic carbocycles. The topological polar surface area (TPSA) is 87.2 Å². The fourth-order valence-corrected chi connectivity index (χ4v) is 2.33. The van der Waals surface area contributed by atoms with Crippen molar-refractivity contribution in [2.24, 2.45) is 0 Å². The molecule has 2 aromatic heterocycles. The summed E-state index contributed by atoms with van der Waals surface area (Å²) in [5, 5.41) is 22.3. The van der Waals surface area contributed by atoms with Crippen LogP contribution in [0.3, 0.4) is 0 Å². The van der Waals surface area contributed by atoms with Gasteiger partial charge >= 0.3 is 0 Å². The average Bonchev–Trinajstić information content (AvgIpc) is 3.30. The van der Waals surface area contributed by atoms with E-state index in [0.717, 1.165) is 17.8 Å². The minimum absolute atomic E-state index is 0.853. The van der Waals surface area contributed by atoms with Gasteiger partial charge in [0, 0.05) is 0 Å². The molecular weight excluding hydrogens is 292 g/mol. The lowest BCUT2D eigenvalue weighted by atomic mass is 10.0. The van der Waals surface area contributed by atoms with Crippen LogP contribution in [0.2, 0.25) is 0 Å². The van der Waals surface area contributed by atoms with Crippen LogP contribution < -0.4 is 0 Å². The molecule has 0 atom stereocenters. The third-order valence-corrected chi connectivity index (χ3v) is 3.51. The first-order valence-corrected chi connectivity index (χ1v) is 7.03. The van der Waals surface area contributed by atoms with E-state index >= 15 is 0 Å². The second kappa shape index (κ2) is 5.76. The molecule has 0 radical (unpaired) electrons. The van der Waals surface area contributed by atoms with Crippen LogP contribution in [0.25, 0.3) is 11.4 Å². The van der Waals surface area contributed by atoms with Gasteiger partial charge in [-0.15, -0.1) is 10.2 Å². The third kappa shape index (κ3) is 2.82. The lowest BCUT2D eigenvalue weighted by Crippen LogP contribution is -1.97. The number of rotatable bonds is 4. The Bertz CT molecular complexity index is 789. The zero-order valence-electron chi connectivity index (χ0n) is 12.1. The van der Waals surface area contributed by atoms with E-state index in [9.17, 15) is 0 Å². The van der Waals surface area contributed by atoms with Crippen LogP contribution in [0.15, 0.2) is 61.2 Å². The van der Waals surface area contributed by atoms with Gasteiger partial charge in [0.15, 0.2) is 0 Å². The highest BCUT2D eigenvalue weighted by Crippen LogP contribution is 2.14. The van der Waals surface area contributed by atoms with E-state index in [0.29, 0.717) is 0 Å². The molecule has 2 heterocycles. The van der Waals surface area contributed by atoms with Crippen LogP contribution in [0, 0.1) is 0 Å². The zero-order chi connectivity index (χ0) is 15.5. The monoisotopic (exact) mass is 304 g/mol. The molecule has 8 nitrogen and oxygen atoms in total. The molecule has 0 spiro atoms. The molecule has 0 N–H and O–H groups in total. The number of aromatic nitrogens is 8. The van der Waals surface area contributed by atoms with Crippen molar-refractivity contribution in [3.8, 4) is 11.4 Å². The van der Waals surface area contributed by atoms with Crippen LogP contribution in [0.4, 0.5) is 0 Å². The Morgan fingerprint density at radius 1 is 0.609 bits per heavy atom. The third-order valence-electron chi connectivity index (χ3n) is 3.51. The number of hydrogen-bond acceptors (Lipinski definition) is 6. The second-order valence-corrected chi connectivity index (χ2v) is 5.02. The Labute approximate surface area is 131 Å². The summed E-state index contributed by atoms with van der Waals surface area (Å²) in [4.78, 5) is 0. The van der Waals surface area contributed by atoms with Gasteiger partial charge < -0.3 is 0 Å². The molecule has 0 amide bonds. The molecule has 0 aliphatic rings. The standard InChI is InChI=1S/C15H12N8/c1-5-14(22-10-16-18-20-22)6-2-12(1)9-13-3-7-15(8-4-13)23-11-17-19-21-23/h1-8,10-11H,9H2. The number of hydrogen-bond donors (Lipinski definition) is 0. The van der Waals surface area contributed by atoms with Gasteiger partial charge in [0.05, 0.1) is 11.4 Å². The molecule has 0 fully saturated rings. The van der Waals surface area contributed by atoms with E-state index in [2.05, 4.69) is 55.3 Å². The van der Waals surface area contributed by atoms with Crippen molar-refractivity contribution in [2.45, 2.75) is 6.42 Å². The summed E-state index contributed by atoms with van der Waals surface area (Å²) < 4.78 is 3.26. The summed E-state index contributed by atoms with van der Waals surface area (Å²) in [6, 6.07) is 16.3. The molecule has 0 unspecified atom stereocenters. The summed E-state index contributed by atoms with van der Waals surface area (Å²) in [6.45, 7) is 0. The molecule has 4 rings (SSSR count). The minimum atomic E-state index is 0.853. The van der Waals surface area contributed by atoms with Gasteiger partial charge in [0.25, 0.3) is 0 Å². The van der Waals surface area contributed by atoms with E-state index in [1.54, 1.807) is 22.0 Å². The molecule has 112 valence electrons. The highest BCUT2D eigenvalue weighted by Gasteiger charge is 2.02. The normalized spacial score (nSPS) is 10.8. The van der Waals surface area contributed by atoms with Crippen molar-refractivity contribution < 1.29 is 0 Å². The van der Waals surface area contributed by atoms with Crippen molar-refractivity contribution in [3.05, 3.63) is 72.3 Å². The Kier molecular flexibility index (Phi) is 3.32. The van der Waals surface area contributed by atoms with Crippen LogP contribution in [-0.2, 0) is 6.42 Å². The van der Waals surface area contributed by atoms with E-state index in [1.807, 2.05) is 24.3 Å². The Balaban J connectivity index is 1.49. The van der Waals surface area contributed by atoms with Crippen molar-refractivity contribution in [3.63, 3.8) is 0 Å². The fourth-order valence-electron chi connectivity index (χ4n) is 2.33. The number of nitrogens with zero attached hydrogens (tertiary/aromatic N) is 8. The minimum Gasteiger partial charge on any atom is -0.201 e. The van der Waals surface area contributed by atoms with Crippen molar-refractivity contribution >= 4 is 0 Å². The Morgan fingerprint density at radius 2 is 1.04 bits per heavy atom. The Hall–Kier alpha value is -3.42. The molecule has 0 aliphatic carbocycles. The van der Waals surface area contributed by atoms with Gasteiger partial charge in [-0.2, -0.15) is 0 Å². The van der Waals surface area contributed by atoms with E-state index in [1.165, 1.54) is 11.1 Å². The van der Waals surface area contributed by atoms with E-state index < -0.39 is 0 Å². The smallest absolute Gasteiger partial charge is 0.143 e. The highest BCUT2D eigenvalue weighted by molar-refractivity contribution is 5.38. The summed E-state index contributed by atoms with van der Waals surface area (Å²) >= 11 is 0. The molecule has 8 heteroatoms. The van der Waals surface area contributed by atoms with Gasteiger partial charge in [-0.3, -0.25) is 0 Å². The molecule has 0 saturated heterocycles. The molecule has 4 aromatic rings. The maximum absolute atomic E-state index is 3.87. The first kappa shape index (κ1) is 13.3. The summed E-state index contributed by atoms with van der Waals surface area (Å²) in [7, 11) is 0. The quantitative estimate of drug-likeness (QED) is 0.563. The lowest BCUT2D eigenvalue weighted by molar-refractivity contribution is 0.788. The van der Waals surface area contributed by atoms with Crippen LogP contribution in [0.5, 0.6) is 0 Å². The summed E-state index contributed by atoms with van der Waals surface area (Å²) in [6.07, 6.45) is 4.01. The maximum atomic E-state index is 3.87. The van der Waals surface area contributed by atoms with E-state index in [4.69, 9.17) is 0 Å². The predicted octanol–water partition coefficient (Wildman–Crippen LogP) is 1.23. The molecule has 23 heavy (non-hydrogen) atoms. The first-order valence-electron chi connectivity index (χ1n) is 7.03. The van der Waals surface area contributed by atoms with E-state index in [-0.39, 0.29) is 0 Å². The van der Waals surface area contributed by atoms with Gasteiger partial charge in [0.2, 0.25) is 0 Å². The van der Waals surface area contributed by atoms with Crippen molar-refractivity contribution in [2.75, 3.05) is 0 Å². The highest BCUT2D eigenvalue weighted by atomic mass is 15.5.